The van der Waals surface area contributed by atoms with Gasteiger partial charge in [0, 0.05) is 30.2 Å². The van der Waals surface area contributed by atoms with Crippen molar-refractivity contribution in [1.29, 1.82) is 0 Å². The molecule has 0 radical (unpaired) electrons. The van der Waals surface area contributed by atoms with Gasteiger partial charge in [0.2, 0.25) is 5.91 Å². The molecular formula is C29H34ClN3O5. The standard InChI is InChI=1S/C29H34ClN3O5/c1-32(2)18-21-8-10-25(35-3)22(16-21)19-33-12-13-36-14-15-37-27-6-4-5-7-28(27)38-26-11-9-23(30)17-24(26)31-29(34)20-33/h4-11,16-17H,12-15,18-20H2,1-3H3,(H,31,34). The summed E-state index contributed by atoms with van der Waals surface area (Å²) in [6.45, 7) is 3.22. The molecule has 0 saturated carbocycles. The molecule has 3 aromatic rings. The SMILES string of the molecule is COc1ccc(CN(C)C)cc1CN1CCOCCOc2ccccc2Oc2ccc(Cl)cc2NC(=O)C1. The van der Waals surface area contributed by atoms with Gasteiger partial charge in [-0.1, -0.05) is 29.8 Å². The minimum atomic E-state index is -0.195. The molecule has 0 fully saturated rings. The van der Waals surface area contributed by atoms with Gasteiger partial charge in [0.1, 0.15) is 12.4 Å². The molecule has 0 saturated heterocycles. The summed E-state index contributed by atoms with van der Waals surface area (Å²) < 4.78 is 23.5. The monoisotopic (exact) mass is 539 g/mol. The Kier molecular flexibility index (Phi) is 9.84. The third kappa shape index (κ3) is 7.85. The van der Waals surface area contributed by atoms with E-state index >= 15 is 0 Å². The van der Waals surface area contributed by atoms with Gasteiger partial charge >= 0.3 is 0 Å². The summed E-state index contributed by atoms with van der Waals surface area (Å²) in [6.07, 6.45) is 0. The summed E-state index contributed by atoms with van der Waals surface area (Å²) in [4.78, 5) is 17.4. The first-order chi connectivity index (χ1) is 18.4. The van der Waals surface area contributed by atoms with Crippen LogP contribution in [-0.2, 0) is 22.6 Å². The number of benzene rings is 3. The first kappa shape index (κ1) is 27.7. The molecule has 9 heteroatoms. The summed E-state index contributed by atoms with van der Waals surface area (Å²) >= 11 is 6.26. The molecular weight excluding hydrogens is 506 g/mol. The highest BCUT2D eigenvalue weighted by Crippen LogP contribution is 2.36. The van der Waals surface area contributed by atoms with Crippen molar-refractivity contribution in [3.05, 3.63) is 76.8 Å². The van der Waals surface area contributed by atoms with Crippen LogP contribution in [-0.4, -0.2) is 69.8 Å². The number of nitrogens with zero attached hydrogens (tertiary/aromatic N) is 2. The van der Waals surface area contributed by atoms with E-state index in [-0.39, 0.29) is 12.5 Å². The lowest BCUT2D eigenvalue weighted by molar-refractivity contribution is -0.117. The van der Waals surface area contributed by atoms with Crippen molar-refractivity contribution in [2.75, 3.05) is 59.4 Å². The highest BCUT2D eigenvalue weighted by molar-refractivity contribution is 6.31. The Morgan fingerprint density at radius 1 is 1.00 bits per heavy atom. The summed E-state index contributed by atoms with van der Waals surface area (Å²) in [5, 5.41) is 3.46. The first-order valence-corrected chi connectivity index (χ1v) is 12.9. The van der Waals surface area contributed by atoms with E-state index in [1.165, 1.54) is 5.56 Å². The van der Waals surface area contributed by atoms with Gasteiger partial charge in [-0.15, -0.1) is 0 Å². The second-order valence-corrected chi connectivity index (χ2v) is 9.73. The van der Waals surface area contributed by atoms with Crippen molar-refractivity contribution < 1.29 is 23.7 Å². The van der Waals surface area contributed by atoms with E-state index in [4.69, 9.17) is 30.5 Å². The lowest BCUT2D eigenvalue weighted by Gasteiger charge is -2.24. The molecule has 8 nitrogen and oxygen atoms in total. The summed E-state index contributed by atoms with van der Waals surface area (Å²) in [6, 6.07) is 18.7. The fourth-order valence-electron chi connectivity index (χ4n) is 4.23. The zero-order valence-corrected chi connectivity index (χ0v) is 22.8. The molecule has 3 aromatic carbocycles. The molecule has 1 aliphatic rings. The van der Waals surface area contributed by atoms with Crippen LogP contribution in [0.4, 0.5) is 5.69 Å². The topological polar surface area (TPSA) is 72.5 Å². The number of para-hydroxylation sites is 2. The fraction of sp³-hybridized carbons (Fsp3) is 0.345. The van der Waals surface area contributed by atoms with E-state index in [1.54, 1.807) is 25.3 Å². The van der Waals surface area contributed by atoms with Crippen LogP contribution in [0, 0.1) is 0 Å². The molecule has 0 atom stereocenters. The van der Waals surface area contributed by atoms with E-state index in [0.29, 0.717) is 60.9 Å². The van der Waals surface area contributed by atoms with Crippen molar-refractivity contribution in [1.82, 2.24) is 9.80 Å². The predicted molar refractivity (Wildman–Crippen MR) is 149 cm³/mol. The molecule has 0 spiro atoms. The molecule has 1 aliphatic heterocycles. The van der Waals surface area contributed by atoms with Crippen molar-refractivity contribution in [2.24, 2.45) is 0 Å². The number of methoxy groups -OCH3 is 1. The zero-order valence-electron chi connectivity index (χ0n) is 22.0. The van der Waals surface area contributed by atoms with Crippen LogP contribution in [0.3, 0.4) is 0 Å². The number of hydrogen-bond acceptors (Lipinski definition) is 7. The molecule has 4 rings (SSSR count). The van der Waals surface area contributed by atoms with Crippen molar-refractivity contribution >= 4 is 23.2 Å². The van der Waals surface area contributed by atoms with Crippen molar-refractivity contribution in [2.45, 2.75) is 13.1 Å². The molecule has 0 aliphatic carbocycles. The van der Waals surface area contributed by atoms with Gasteiger partial charge < -0.3 is 29.2 Å². The Hall–Kier alpha value is -3.30. The zero-order chi connectivity index (χ0) is 26.9. The summed E-state index contributed by atoms with van der Waals surface area (Å²) in [5.74, 6) is 2.17. The second-order valence-electron chi connectivity index (χ2n) is 9.29. The quantitative estimate of drug-likeness (QED) is 0.486. The Morgan fingerprint density at radius 3 is 2.61 bits per heavy atom. The second kappa shape index (κ2) is 13.5. The molecule has 38 heavy (non-hydrogen) atoms. The Bertz CT molecular complexity index is 1240. The van der Waals surface area contributed by atoms with Crippen LogP contribution in [0.15, 0.2) is 60.7 Å². The maximum atomic E-state index is 13.3. The van der Waals surface area contributed by atoms with E-state index in [2.05, 4.69) is 22.3 Å². The van der Waals surface area contributed by atoms with Crippen LogP contribution in [0.1, 0.15) is 11.1 Å². The Labute approximate surface area is 229 Å². The highest BCUT2D eigenvalue weighted by atomic mass is 35.5. The minimum absolute atomic E-state index is 0.142. The van der Waals surface area contributed by atoms with Crippen LogP contribution in [0.25, 0.3) is 0 Å². The fourth-order valence-corrected chi connectivity index (χ4v) is 4.41. The normalized spacial score (nSPS) is 15.2. The third-order valence-electron chi connectivity index (χ3n) is 5.93. The molecule has 1 amide bonds. The lowest BCUT2D eigenvalue weighted by Crippen LogP contribution is -2.35. The number of halogens is 1. The van der Waals surface area contributed by atoms with Crippen LogP contribution < -0.4 is 19.5 Å². The lowest BCUT2D eigenvalue weighted by atomic mass is 10.1. The smallest absolute Gasteiger partial charge is 0.238 e. The number of carbonyl (C=O) groups is 1. The van der Waals surface area contributed by atoms with Gasteiger partial charge in [0.25, 0.3) is 0 Å². The number of ether oxygens (including phenoxy) is 4. The van der Waals surface area contributed by atoms with Crippen LogP contribution >= 0.6 is 11.6 Å². The van der Waals surface area contributed by atoms with Gasteiger partial charge in [-0.25, -0.2) is 0 Å². The van der Waals surface area contributed by atoms with Gasteiger partial charge in [-0.2, -0.15) is 0 Å². The Balaban J connectivity index is 1.58. The maximum Gasteiger partial charge on any atom is 0.238 e. The number of anilines is 1. The van der Waals surface area contributed by atoms with Crippen molar-refractivity contribution in [3.8, 4) is 23.0 Å². The van der Waals surface area contributed by atoms with E-state index < -0.39 is 0 Å². The average Bonchev–Trinajstić information content (AvgIpc) is 2.88. The molecule has 0 aromatic heterocycles. The van der Waals surface area contributed by atoms with Gasteiger partial charge in [0.05, 0.1) is 32.6 Å². The summed E-state index contributed by atoms with van der Waals surface area (Å²) in [7, 11) is 5.72. The number of amides is 1. The first-order valence-electron chi connectivity index (χ1n) is 12.5. The molecule has 1 heterocycles. The number of rotatable bonds is 5. The molecule has 202 valence electrons. The number of fused-ring (bicyclic) bond motifs is 2. The average molecular weight is 540 g/mol. The van der Waals surface area contributed by atoms with Crippen LogP contribution in [0.5, 0.6) is 23.0 Å². The van der Waals surface area contributed by atoms with Gasteiger partial charge in [-0.3, -0.25) is 9.69 Å². The molecule has 1 N–H and O–H groups in total. The Morgan fingerprint density at radius 2 is 1.82 bits per heavy atom. The number of hydrogen-bond donors (Lipinski definition) is 1. The van der Waals surface area contributed by atoms with E-state index in [0.717, 1.165) is 17.9 Å². The van der Waals surface area contributed by atoms with Gasteiger partial charge in [0.15, 0.2) is 17.2 Å². The third-order valence-corrected chi connectivity index (χ3v) is 6.16. The van der Waals surface area contributed by atoms with Gasteiger partial charge in [-0.05, 0) is 62.1 Å². The number of nitrogens with one attached hydrogen (secondary N) is 1. The predicted octanol–water partition coefficient (Wildman–Crippen LogP) is 5.05. The van der Waals surface area contributed by atoms with E-state index in [1.807, 2.05) is 49.3 Å². The maximum absolute atomic E-state index is 13.3. The van der Waals surface area contributed by atoms with Crippen molar-refractivity contribution in [3.63, 3.8) is 0 Å². The molecule has 0 unspecified atom stereocenters. The highest BCUT2D eigenvalue weighted by Gasteiger charge is 2.18. The minimum Gasteiger partial charge on any atom is -0.496 e. The summed E-state index contributed by atoms with van der Waals surface area (Å²) in [5.41, 5.74) is 2.65. The molecule has 0 bridgehead atoms. The largest absolute Gasteiger partial charge is 0.496 e. The number of carbonyl (C=O) groups excluding carboxylic acids is 1. The van der Waals surface area contributed by atoms with E-state index in [9.17, 15) is 4.79 Å². The van der Waals surface area contributed by atoms with Crippen LogP contribution in [0.2, 0.25) is 5.02 Å².